The summed E-state index contributed by atoms with van der Waals surface area (Å²) in [6, 6.07) is 12.4. The van der Waals surface area contributed by atoms with Crippen molar-refractivity contribution in [1.82, 2.24) is 0 Å². The van der Waals surface area contributed by atoms with Crippen molar-refractivity contribution in [2.24, 2.45) is 0 Å². The SMILES string of the molecule is C=O.COC(=O)C[C@@H]1COc2cc(O[C@@H]3CCc4c(-c5c(C)cc(O)cc5C)ccc(F)c43)ccc21. The van der Waals surface area contributed by atoms with Crippen LogP contribution in [0.25, 0.3) is 11.1 Å². The van der Waals surface area contributed by atoms with Crippen molar-refractivity contribution in [3.8, 4) is 28.4 Å². The van der Waals surface area contributed by atoms with E-state index in [1.807, 2.05) is 44.9 Å². The van der Waals surface area contributed by atoms with E-state index in [0.29, 0.717) is 36.5 Å². The third-order valence-corrected chi connectivity index (χ3v) is 6.85. The maximum absolute atomic E-state index is 15.0. The number of phenolic OH excluding ortho intramolecular Hbond substituents is 1. The minimum Gasteiger partial charge on any atom is -0.508 e. The van der Waals surface area contributed by atoms with Crippen LogP contribution in [0.1, 0.15) is 52.7 Å². The Hall–Kier alpha value is -3.87. The summed E-state index contributed by atoms with van der Waals surface area (Å²) in [5, 5.41) is 9.93. The number of rotatable bonds is 5. The first-order valence-corrected chi connectivity index (χ1v) is 11.8. The van der Waals surface area contributed by atoms with Gasteiger partial charge in [0.15, 0.2) is 0 Å². The van der Waals surface area contributed by atoms with Gasteiger partial charge in [-0.1, -0.05) is 12.1 Å². The van der Waals surface area contributed by atoms with Gasteiger partial charge in [0.2, 0.25) is 0 Å². The van der Waals surface area contributed by atoms with E-state index >= 15 is 4.39 Å². The third kappa shape index (κ3) is 4.65. The highest BCUT2D eigenvalue weighted by atomic mass is 19.1. The van der Waals surface area contributed by atoms with Crippen LogP contribution in [-0.2, 0) is 20.7 Å². The van der Waals surface area contributed by atoms with Gasteiger partial charge in [0, 0.05) is 23.1 Å². The van der Waals surface area contributed by atoms with Gasteiger partial charge < -0.3 is 24.1 Å². The first kappa shape index (κ1) is 25.2. The number of methoxy groups -OCH3 is 1. The van der Waals surface area contributed by atoms with Crippen LogP contribution in [0.3, 0.4) is 0 Å². The number of hydrogen-bond donors (Lipinski definition) is 1. The summed E-state index contributed by atoms with van der Waals surface area (Å²) in [7, 11) is 1.38. The Morgan fingerprint density at radius 2 is 1.86 bits per heavy atom. The number of aromatic hydroxyl groups is 1. The molecule has 2 atom stereocenters. The fraction of sp³-hybridized carbons (Fsp3) is 0.310. The fourth-order valence-corrected chi connectivity index (χ4v) is 5.34. The zero-order chi connectivity index (χ0) is 26.0. The first-order valence-electron chi connectivity index (χ1n) is 11.8. The van der Waals surface area contributed by atoms with Gasteiger partial charge in [-0.2, -0.15) is 0 Å². The Labute approximate surface area is 209 Å². The lowest BCUT2D eigenvalue weighted by Crippen LogP contribution is -2.09. The summed E-state index contributed by atoms with van der Waals surface area (Å²) >= 11 is 0. The molecule has 1 heterocycles. The largest absolute Gasteiger partial charge is 0.508 e. The molecule has 188 valence electrons. The second-order valence-electron chi connectivity index (χ2n) is 9.07. The zero-order valence-corrected chi connectivity index (χ0v) is 20.6. The minimum absolute atomic E-state index is 0.0412. The third-order valence-electron chi connectivity index (χ3n) is 6.85. The Balaban J connectivity index is 0.00000148. The number of benzene rings is 3. The van der Waals surface area contributed by atoms with Crippen LogP contribution in [0.4, 0.5) is 4.39 Å². The predicted molar refractivity (Wildman–Crippen MR) is 133 cm³/mol. The number of hydrogen-bond acceptors (Lipinski definition) is 6. The van der Waals surface area contributed by atoms with Crippen molar-refractivity contribution in [1.29, 1.82) is 0 Å². The number of halogens is 1. The number of carbonyl (C=O) groups excluding carboxylic acids is 2. The number of carbonyl (C=O) groups is 2. The van der Waals surface area contributed by atoms with Crippen molar-refractivity contribution in [3.63, 3.8) is 0 Å². The normalized spacial score (nSPS) is 17.3. The van der Waals surface area contributed by atoms with E-state index in [9.17, 15) is 9.90 Å². The van der Waals surface area contributed by atoms with Gasteiger partial charge in [0.05, 0.1) is 20.1 Å². The molecule has 3 aromatic rings. The van der Waals surface area contributed by atoms with Gasteiger partial charge in [0.1, 0.15) is 36.0 Å². The molecule has 2 aliphatic rings. The Morgan fingerprint density at radius 1 is 1.14 bits per heavy atom. The van der Waals surface area contributed by atoms with Crippen LogP contribution in [0.5, 0.6) is 17.2 Å². The van der Waals surface area contributed by atoms with Gasteiger partial charge in [0.25, 0.3) is 0 Å². The van der Waals surface area contributed by atoms with E-state index in [4.69, 9.17) is 19.0 Å². The first-order chi connectivity index (χ1) is 17.4. The maximum Gasteiger partial charge on any atom is 0.306 e. The number of esters is 1. The summed E-state index contributed by atoms with van der Waals surface area (Å²) in [4.78, 5) is 19.7. The lowest BCUT2D eigenvalue weighted by atomic mass is 9.90. The molecule has 5 rings (SSSR count). The highest BCUT2D eigenvalue weighted by molar-refractivity contribution is 5.76. The molecule has 0 radical (unpaired) electrons. The van der Waals surface area contributed by atoms with Crippen LogP contribution >= 0.6 is 0 Å². The quantitative estimate of drug-likeness (QED) is 0.458. The molecule has 3 aromatic carbocycles. The topological polar surface area (TPSA) is 82.1 Å². The monoisotopic (exact) mass is 492 g/mol. The molecule has 0 spiro atoms. The van der Waals surface area contributed by atoms with Crippen molar-refractivity contribution in [3.05, 3.63) is 76.1 Å². The highest BCUT2D eigenvalue weighted by Crippen LogP contribution is 2.45. The molecule has 6 nitrogen and oxygen atoms in total. The van der Waals surface area contributed by atoms with E-state index < -0.39 is 6.10 Å². The van der Waals surface area contributed by atoms with Crippen LogP contribution < -0.4 is 9.47 Å². The summed E-state index contributed by atoms with van der Waals surface area (Å²) in [6.45, 7) is 6.33. The standard InChI is InChI=1S/C28H27FO5.CH2O/c1-15-10-18(30)11-16(2)27(15)21-6-8-23(29)28-22(21)7-9-24(28)34-19-4-5-20-17(12-26(31)32-3)14-33-25(20)13-19;1-2/h4-6,8,10-11,13,17,24,30H,7,9,12,14H2,1-3H3;1H2/t17-,24-;/m1./s1. The molecule has 36 heavy (non-hydrogen) atoms. The lowest BCUT2D eigenvalue weighted by molar-refractivity contribution is -0.141. The molecule has 1 aliphatic heterocycles. The smallest absolute Gasteiger partial charge is 0.306 e. The van der Waals surface area contributed by atoms with Gasteiger partial charge in [-0.3, -0.25) is 4.79 Å². The molecule has 0 aromatic heterocycles. The predicted octanol–water partition coefficient (Wildman–Crippen LogP) is 5.74. The molecule has 0 saturated heterocycles. The van der Waals surface area contributed by atoms with E-state index in [0.717, 1.165) is 33.4 Å². The number of ether oxygens (including phenoxy) is 3. The average molecular weight is 493 g/mol. The van der Waals surface area contributed by atoms with E-state index in [1.165, 1.54) is 13.2 Å². The van der Waals surface area contributed by atoms with Gasteiger partial charge in [-0.15, -0.1) is 0 Å². The molecule has 1 aliphatic carbocycles. The highest BCUT2D eigenvalue weighted by Gasteiger charge is 2.32. The van der Waals surface area contributed by atoms with Crippen LogP contribution in [-0.4, -0.2) is 31.6 Å². The molecule has 0 amide bonds. The number of phenols is 1. The minimum atomic E-state index is -0.405. The molecular weight excluding hydrogens is 463 g/mol. The molecule has 7 heteroatoms. The van der Waals surface area contributed by atoms with Crippen molar-refractivity contribution >= 4 is 12.8 Å². The van der Waals surface area contributed by atoms with Crippen LogP contribution in [0.2, 0.25) is 0 Å². The fourth-order valence-electron chi connectivity index (χ4n) is 5.34. The van der Waals surface area contributed by atoms with E-state index in [1.54, 1.807) is 12.1 Å². The Bertz CT molecular complexity index is 1280. The Kier molecular flexibility index (Phi) is 7.29. The van der Waals surface area contributed by atoms with Crippen molar-refractivity contribution in [2.75, 3.05) is 13.7 Å². The molecule has 0 unspecified atom stereocenters. The summed E-state index contributed by atoms with van der Waals surface area (Å²) in [5.74, 6) is 0.943. The molecule has 0 saturated carbocycles. The van der Waals surface area contributed by atoms with Crippen molar-refractivity contribution in [2.45, 2.75) is 45.1 Å². The van der Waals surface area contributed by atoms with E-state index in [-0.39, 0.29) is 29.9 Å². The van der Waals surface area contributed by atoms with Gasteiger partial charge in [-0.25, -0.2) is 4.39 Å². The molecular formula is C29H29FO6. The maximum atomic E-state index is 15.0. The molecule has 1 N–H and O–H groups in total. The van der Waals surface area contributed by atoms with E-state index in [2.05, 4.69) is 0 Å². The summed E-state index contributed by atoms with van der Waals surface area (Å²) < 4.78 is 31.9. The van der Waals surface area contributed by atoms with Crippen molar-refractivity contribution < 1.29 is 33.3 Å². The van der Waals surface area contributed by atoms with Crippen LogP contribution in [0.15, 0.2) is 42.5 Å². The summed E-state index contributed by atoms with van der Waals surface area (Å²) in [5.41, 5.74) is 6.42. The van der Waals surface area contributed by atoms with Crippen LogP contribution in [0, 0.1) is 19.7 Å². The second kappa shape index (κ2) is 10.4. The summed E-state index contributed by atoms with van der Waals surface area (Å²) in [6.07, 6.45) is 1.24. The second-order valence-corrected chi connectivity index (χ2v) is 9.07. The molecule has 0 bridgehead atoms. The molecule has 0 fully saturated rings. The zero-order valence-electron chi connectivity index (χ0n) is 20.6. The number of fused-ring (bicyclic) bond motifs is 2. The average Bonchev–Trinajstić information content (AvgIpc) is 3.46. The Morgan fingerprint density at radius 3 is 2.56 bits per heavy atom. The lowest BCUT2D eigenvalue weighted by Gasteiger charge is -2.18. The van der Waals surface area contributed by atoms with Gasteiger partial charge in [-0.05, 0) is 78.8 Å². The number of aryl methyl sites for hydroxylation is 2. The van der Waals surface area contributed by atoms with Gasteiger partial charge >= 0.3 is 5.97 Å².